The Bertz CT molecular complexity index is 1080. The van der Waals surface area contributed by atoms with Gasteiger partial charge in [0.15, 0.2) is 5.76 Å². The lowest BCUT2D eigenvalue weighted by atomic mass is 10.1. The minimum atomic E-state index is -0.484. The molecule has 0 spiro atoms. The average molecular weight is 404 g/mol. The Morgan fingerprint density at radius 3 is 2.60 bits per heavy atom. The van der Waals surface area contributed by atoms with E-state index in [-0.39, 0.29) is 18.9 Å². The summed E-state index contributed by atoms with van der Waals surface area (Å²) in [7, 11) is 0. The number of carbonyl (C=O) groups excluding carboxylic acids is 2. The summed E-state index contributed by atoms with van der Waals surface area (Å²) in [6.07, 6.45) is 0.152. The maximum absolute atomic E-state index is 12.5. The highest BCUT2D eigenvalue weighted by Gasteiger charge is 2.36. The fraction of sp³-hybridized carbons (Fsp3) is 0.292. The summed E-state index contributed by atoms with van der Waals surface area (Å²) in [5.41, 5.74) is 5.71. The number of benzene rings is 2. The van der Waals surface area contributed by atoms with Crippen molar-refractivity contribution in [2.75, 3.05) is 11.4 Å². The van der Waals surface area contributed by atoms with E-state index < -0.39 is 11.9 Å². The number of hydrogen-bond donors (Lipinski definition) is 0. The molecule has 0 saturated carbocycles. The van der Waals surface area contributed by atoms with Crippen LogP contribution in [-0.4, -0.2) is 23.6 Å². The summed E-state index contributed by atoms with van der Waals surface area (Å²) < 4.78 is 10.8. The van der Waals surface area contributed by atoms with Crippen LogP contribution < -0.4 is 4.90 Å². The fourth-order valence-corrected chi connectivity index (χ4v) is 3.51. The van der Waals surface area contributed by atoms with Gasteiger partial charge in [-0.1, -0.05) is 41.1 Å². The molecule has 1 unspecified atom stereocenters. The number of hydrogen-bond acceptors (Lipinski definition) is 5. The summed E-state index contributed by atoms with van der Waals surface area (Å²) in [5, 5.41) is 3.98. The first kappa shape index (κ1) is 19.9. The van der Waals surface area contributed by atoms with Gasteiger partial charge in [-0.05, 0) is 44.0 Å². The Morgan fingerprint density at radius 1 is 1.10 bits per heavy atom. The monoisotopic (exact) mass is 404 g/mol. The molecule has 4 rings (SSSR count). The van der Waals surface area contributed by atoms with Crippen molar-refractivity contribution in [1.82, 2.24) is 5.16 Å². The number of esters is 1. The molecule has 0 aliphatic carbocycles. The first-order chi connectivity index (χ1) is 14.4. The number of amides is 1. The Morgan fingerprint density at radius 2 is 1.87 bits per heavy atom. The van der Waals surface area contributed by atoms with E-state index in [1.54, 1.807) is 11.0 Å². The van der Waals surface area contributed by atoms with Gasteiger partial charge in [-0.25, -0.2) is 0 Å². The number of ether oxygens (including phenoxy) is 1. The third kappa shape index (κ3) is 4.13. The van der Waals surface area contributed by atoms with Crippen molar-refractivity contribution >= 4 is 17.6 Å². The lowest BCUT2D eigenvalue weighted by molar-refractivity contribution is -0.149. The van der Waals surface area contributed by atoms with Crippen molar-refractivity contribution in [1.29, 1.82) is 0 Å². The predicted octanol–water partition coefficient (Wildman–Crippen LogP) is 4.36. The Labute approximate surface area is 175 Å². The number of rotatable bonds is 5. The fourth-order valence-electron chi connectivity index (χ4n) is 3.51. The van der Waals surface area contributed by atoms with Crippen LogP contribution in [0.2, 0.25) is 0 Å². The lowest BCUT2D eigenvalue weighted by Crippen LogP contribution is -2.26. The van der Waals surface area contributed by atoms with Crippen LogP contribution in [0, 0.1) is 26.7 Å². The standard InChI is InChI=1S/C24H24N2O4/c1-15-4-7-18(8-5-15)22-12-20(25-30-22)14-29-24(28)19-11-23(27)26(13-19)21-9-6-16(2)17(3)10-21/h4-10,12,19H,11,13-14H2,1-3H3. The first-order valence-corrected chi connectivity index (χ1v) is 9.97. The topological polar surface area (TPSA) is 72.6 Å². The van der Waals surface area contributed by atoms with E-state index >= 15 is 0 Å². The first-order valence-electron chi connectivity index (χ1n) is 9.97. The number of nitrogens with zero attached hydrogens (tertiary/aromatic N) is 2. The highest BCUT2D eigenvalue weighted by molar-refractivity contribution is 5.99. The predicted molar refractivity (Wildman–Crippen MR) is 113 cm³/mol. The largest absolute Gasteiger partial charge is 0.459 e. The van der Waals surface area contributed by atoms with Crippen molar-refractivity contribution in [2.45, 2.75) is 33.8 Å². The maximum Gasteiger partial charge on any atom is 0.311 e. The van der Waals surface area contributed by atoms with Crippen molar-refractivity contribution in [3.8, 4) is 11.3 Å². The van der Waals surface area contributed by atoms with Gasteiger partial charge in [0, 0.05) is 30.3 Å². The third-order valence-electron chi connectivity index (χ3n) is 5.52. The van der Waals surface area contributed by atoms with Crippen LogP contribution >= 0.6 is 0 Å². The highest BCUT2D eigenvalue weighted by Crippen LogP contribution is 2.28. The molecule has 3 aromatic rings. The minimum absolute atomic E-state index is 0.0164. The van der Waals surface area contributed by atoms with Crippen LogP contribution in [0.25, 0.3) is 11.3 Å². The van der Waals surface area contributed by atoms with Gasteiger partial charge in [0.25, 0.3) is 0 Å². The molecule has 1 atom stereocenters. The van der Waals surface area contributed by atoms with Gasteiger partial charge in [-0.2, -0.15) is 0 Å². The van der Waals surface area contributed by atoms with E-state index in [9.17, 15) is 9.59 Å². The second-order valence-electron chi connectivity index (χ2n) is 7.83. The van der Waals surface area contributed by atoms with Crippen LogP contribution in [0.15, 0.2) is 53.1 Å². The van der Waals surface area contributed by atoms with E-state index in [4.69, 9.17) is 9.26 Å². The van der Waals surface area contributed by atoms with Crippen LogP contribution in [0.4, 0.5) is 5.69 Å². The normalized spacial score (nSPS) is 16.2. The molecule has 2 heterocycles. The number of aryl methyl sites for hydroxylation is 3. The molecule has 1 amide bonds. The maximum atomic E-state index is 12.5. The SMILES string of the molecule is Cc1ccc(-c2cc(COC(=O)C3CC(=O)N(c4ccc(C)c(C)c4)C3)no2)cc1. The molecule has 0 radical (unpaired) electrons. The summed E-state index contributed by atoms with van der Waals surface area (Å²) in [6.45, 7) is 6.40. The molecular weight excluding hydrogens is 380 g/mol. The average Bonchev–Trinajstić information content (AvgIpc) is 3.36. The Kier molecular flexibility index (Phi) is 5.40. The van der Waals surface area contributed by atoms with Crippen LogP contribution in [0.3, 0.4) is 0 Å². The molecule has 0 bridgehead atoms. The summed E-state index contributed by atoms with van der Waals surface area (Å²) >= 11 is 0. The van der Waals surface area contributed by atoms with Crippen molar-refractivity contribution < 1.29 is 18.8 Å². The van der Waals surface area contributed by atoms with Gasteiger partial charge in [-0.3, -0.25) is 9.59 Å². The van der Waals surface area contributed by atoms with Crippen LogP contribution in [-0.2, 0) is 20.9 Å². The third-order valence-corrected chi connectivity index (χ3v) is 5.52. The molecule has 0 N–H and O–H groups in total. The molecule has 1 fully saturated rings. The quantitative estimate of drug-likeness (QED) is 0.591. The number of carbonyl (C=O) groups is 2. The highest BCUT2D eigenvalue weighted by atomic mass is 16.5. The zero-order chi connectivity index (χ0) is 21.3. The lowest BCUT2D eigenvalue weighted by Gasteiger charge is -2.17. The molecule has 1 saturated heterocycles. The number of anilines is 1. The minimum Gasteiger partial charge on any atom is -0.459 e. The Balaban J connectivity index is 1.36. The molecule has 30 heavy (non-hydrogen) atoms. The zero-order valence-corrected chi connectivity index (χ0v) is 17.3. The molecule has 1 aliphatic rings. The number of aromatic nitrogens is 1. The van der Waals surface area contributed by atoms with E-state index in [1.165, 1.54) is 5.56 Å². The van der Waals surface area contributed by atoms with Gasteiger partial charge >= 0.3 is 5.97 Å². The van der Waals surface area contributed by atoms with Crippen molar-refractivity contribution in [2.24, 2.45) is 5.92 Å². The molecule has 2 aromatic carbocycles. The van der Waals surface area contributed by atoms with E-state index in [0.717, 1.165) is 22.4 Å². The van der Waals surface area contributed by atoms with Gasteiger partial charge in [0.1, 0.15) is 12.3 Å². The van der Waals surface area contributed by atoms with E-state index in [2.05, 4.69) is 5.16 Å². The van der Waals surface area contributed by atoms with Crippen molar-refractivity contribution in [3.63, 3.8) is 0 Å². The van der Waals surface area contributed by atoms with Gasteiger partial charge < -0.3 is 14.2 Å². The zero-order valence-electron chi connectivity index (χ0n) is 17.3. The van der Waals surface area contributed by atoms with Crippen LogP contribution in [0.1, 0.15) is 28.8 Å². The molecule has 154 valence electrons. The van der Waals surface area contributed by atoms with E-state index in [0.29, 0.717) is 18.0 Å². The smallest absolute Gasteiger partial charge is 0.311 e. The molecule has 6 heteroatoms. The van der Waals surface area contributed by atoms with Crippen LogP contribution in [0.5, 0.6) is 0 Å². The summed E-state index contributed by atoms with van der Waals surface area (Å²) in [4.78, 5) is 26.6. The molecule has 1 aromatic heterocycles. The molecular formula is C24H24N2O4. The molecule has 1 aliphatic heterocycles. The van der Waals surface area contributed by atoms with Crippen molar-refractivity contribution in [3.05, 3.63) is 70.9 Å². The van der Waals surface area contributed by atoms with Gasteiger partial charge in [0.05, 0.1) is 5.92 Å². The summed E-state index contributed by atoms with van der Waals surface area (Å²) in [6, 6.07) is 15.5. The Hall–Kier alpha value is -3.41. The second-order valence-corrected chi connectivity index (χ2v) is 7.83. The van der Waals surface area contributed by atoms with Gasteiger partial charge in [0.2, 0.25) is 5.91 Å². The molecule has 6 nitrogen and oxygen atoms in total. The van der Waals surface area contributed by atoms with E-state index in [1.807, 2.05) is 63.2 Å². The second kappa shape index (κ2) is 8.14. The van der Waals surface area contributed by atoms with Gasteiger partial charge in [-0.15, -0.1) is 0 Å². The summed E-state index contributed by atoms with van der Waals surface area (Å²) in [5.74, 6) is -0.321.